The third-order valence-electron chi connectivity index (χ3n) is 6.27. The number of ether oxygens (including phenoxy) is 1. The molecule has 35 heavy (non-hydrogen) atoms. The highest BCUT2D eigenvalue weighted by molar-refractivity contribution is 5.68. The summed E-state index contributed by atoms with van der Waals surface area (Å²) in [5.74, 6) is 0.431. The smallest absolute Gasteiger partial charge is 0.407 e. The van der Waals surface area contributed by atoms with Crippen molar-refractivity contribution in [3.05, 3.63) is 75.3 Å². The molecule has 3 rings (SSSR count). The molecule has 3 N–H and O–H groups in total. The summed E-state index contributed by atoms with van der Waals surface area (Å²) in [6.07, 6.45) is 0.745. The van der Waals surface area contributed by atoms with E-state index < -0.39 is 28.8 Å². The van der Waals surface area contributed by atoms with Gasteiger partial charge in [0.15, 0.2) is 0 Å². The summed E-state index contributed by atoms with van der Waals surface area (Å²) in [4.78, 5) is 23.0. The average molecular weight is 484 g/mol. The third-order valence-corrected chi connectivity index (χ3v) is 6.27. The molecule has 0 aliphatic heterocycles. The van der Waals surface area contributed by atoms with E-state index in [2.05, 4.69) is 48.7 Å². The second-order valence-electron chi connectivity index (χ2n) is 10.7. The van der Waals surface area contributed by atoms with Crippen LogP contribution < -0.4 is 10.6 Å². The van der Waals surface area contributed by atoms with Crippen LogP contribution in [0.25, 0.3) is 0 Å². The van der Waals surface area contributed by atoms with Crippen LogP contribution in [-0.4, -0.2) is 40.4 Å². The van der Waals surface area contributed by atoms with Crippen LogP contribution in [0.4, 0.5) is 10.5 Å². The molecule has 2 aromatic carbocycles. The Hall–Kier alpha value is -2.97. The summed E-state index contributed by atoms with van der Waals surface area (Å²) in [5, 5.41) is 28.4. The maximum absolute atomic E-state index is 12.5. The minimum absolute atomic E-state index is 0.00748. The van der Waals surface area contributed by atoms with Crippen molar-refractivity contribution in [3.63, 3.8) is 0 Å². The standard InChI is InChI=1S/C27H37N3O5/c1-18(2)20-7-6-8-21(16-20)27(13-14-27)28-17-24(31)23(29-25(32)35-26(3,4)5)15-19-9-11-22(12-10-19)30(33)34/h6-12,16,18,23-24,28,31H,13-15,17H2,1-5H3,(H,29,32)/t23-,24-/m0/s1. The number of nitrogens with zero attached hydrogens (tertiary/aromatic N) is 1. The zero-order chi connectivity index (χ0) is 25.8. The van der Waals surface area contributed by atoms with E-state index in [0.717, 1.165) is 18.4 Å². The quantitative estimate of drug-likeness (QED) is 0.331. The molecule has 0 spiro atoms. The number of benzene rings is 2. The van der Waals surface area contributed by atoms with E-state index >= 15 is 0 Å². The molecule has 2 aromatic rings. The van der Waals surface area contributed by atoms with E-state index in [-0.39, 0.29) is 17.8 Å². The zero-order valence-electron chi connectivity index (χ0n) is 21.2. The lowest BCUT2D eigenvalue weighted by molar-refractivity contribution is -0.384. The summed E-state index contributed by atoms with van der Waals surface area (Å²) in [5.41, 5.74) is 2.40. The van der Waals surface area contributed by atoms with Crippen LogP contribution >= 0.6 is 0 Å². The van der Waals surface area contributed by atoms with Gasteiger partial charge in [0.1, 0.15) is 5.60 Å². The van der Waals surface area contributed by atoms with Crippen molar-refractivity contribution in [2.24, 2.45) is 0 Å². The fourth-order valence-corrected chi connectivity index (χ4v) is 4.08. The van der Waals surface area contributed by atoms with E-state index in [0.29, 0.717) is 12.3 Å². The van der Waals surface area contributed by atoms with Gasteiger partial charge >= 0.3 is 6.09 Å². The molecule has 0 radical (unpaired) electrons. The van der Waals surface area contributed by atoms with E-state index in [1.807, 2.05) is 0 Å². The molecule has 0 unspecified atom stereocenters. The van der Waals surface area contributed by atoms with Crippen molar-refractivity contribution >= 4 is 11.8 Å². The second-order valence-corrected chi connectivity index (χ2v) is 10.7. The first-order valence-electron chi connectivity index (χ1n) is 12.1. The zero-order valence-corrected chi connectivity index (χ0v) is 21.2. The summed E-state index contributed by atoms with van der Waals surface area (Å²) in [7, 11) is 0. The third kappa shape index (κ3) is 7.50. The minimum atomic E-state index is -0.900. The van der Waals surface area contributed by atoms with Crippen LogP contribution in [0.5, 0.6) is 0 Å². The van der Waals surface area contributed by atoms with Gasteiger partial charge < -0.3 is 20.5 Å². The largest absolute Gasteiger partial charge is 0.444 e. The Bertz CT molecular complexity index is 1030. The molecule has 0 bridgehead atoms. The minimum Gasteiger partial charge on any atom is -0.444 e. The van der Waals surface area contributed by atoms with Gasteiger partial charge in [0.05, 0.1) is 17.1 Å². The highest BCUT2D eigenvalue weighted by atomic mass is 16.6. The molecule has 1 saturated carbocycles. The topological polar surface area (TPSA) is 114 Å². The van der Waals surface area contributed by atoms with Gasteiger partial charge in [0, 0.05) is 24.2 Å². The van der Waals surface area contributed by atoms with Crippen LogP contribution in [0.15, 0.2) is 48.5 Å². The van der Waals surface area contributed by atoms with Crippen LogP contribution in [-0.2, 0) is 16.7 Å². The molecule has 1 fully saturated rings. The van der Waals surface area contributed by atoms with Crippen molar-refractivity contribution in [3.8, 4) is 0 Å². The molecule has 8 heteroatoms. The van der Waals surface area contributed by atoms with Gasteiger partial charge in [0.2, 0.25) is 0 Å². The van der Waals surface area contributed by atoms with Gasteiger partial charge in [-0.3, -0.25) is 10.1 Å². The van der Waals surface area contributed by atoms with Gasteiger partial charge in [-0.15, -0.1) is 0 Å². The van der Waals surface area contributed by atoms with Crippen molar-refractivity contribution < 1.29 is 19.6 Å². The van der Waals surface area contributed by atoms with Crippen molar-refractivity contribution in [1.29, 1.82) is 0 Å². The predicted molar refractivity (Wildman–Crippen MR) is 135 cm³/mol. The number of nitro groups is 1. The lowest BCUT2D eigenvalue weighted by Crippen LogP contribution is -2.51. The van der Waals surface area contributed by atoms with Crippen LogP contribution in [0.2, 0.25) is 0 Å². The summed E-state index contributed by atoms with van der Waals surface area (Å²) < 4.78 is 5.40. The number of rotatable bonds is 10. The van der Waals surface area contributed by atoms with E-state index in [1.54, 1.807) is 32.9 Å². The van der Waals surface area contributed by atoms with Gasteiger partial charge in [-0.25, -0.2) is 4.79 Å². The molecule has 0 aromatic heterocycles. The molecule has 0 saturated heterocycles. The molecular weight excluding hydrogens is 446 g/mol. The first kappa shape index (κ1) is 26.6. The Labute approximate surface area is 207 Å². The Balaban J connectivity index is 1.71. The number of alkyl carbamates (subject to hydrolysis) is 1. The Morgan fingerprint density at radius 1 is 1.17 bits per heavy atom. The molecule has 1 amide bonds. The number of nitrogens with one attached hydrogen (secondary N) is 2. The van der Waals surface area contributed by atoms with E-state index in [1.165, 1.54) is 23.3 Å². The van der Waals surface area contributed by atoms with Crippen molar-refractivity contribution in [2.45, 2.75) is 83.1 Å². The normalized spacial score (nSPS) is 16.4. The van der Waals surface area contributed by atoms with Gasteiger partial charge in [-0.05, 0) is 62.6 Å². The predicted octanol–water partition coefficient (Wildman–Crippen LogP) is 4.79. The number of carbonyl (C=O) groups is 1. The maximum Gasteiger partial charge on any atom is 0.407 e. The highest BCUT2D eigenvalue weighted by Gasteiger charge is 2.44. The Morgan fingerprint density at radius 3 is 2.37 bits per heavy atom. The van der Waals surface area contributed by atoms with Gasteiger partial charge in [-0.2, -0.15) is 0 Å². The molecule has 1 aliphatic rings. The van der Waals surface area contributed by atoms with Crippen LogP contribution in [0.1, 0.15) is 70.1 Å². The van der Waals surface area contributed by atoms with Crippen LogP contribution in [0, 0.1) is 10.1 Å². The van der Waals surface area contributed by atoms with E-state index in [4.69, 9.17) is 4.74 Å². The average Bonchev–Trinajstić information content (AvgIpc) is 3.57. The monoisotopic (exact) mass is 483 g/mol. The number of aliphatic hydroxyl groups is 1. The number of non-ortho nitro benzene ring substituents is 1. The summed E-state index contributed by atoms with van der Waals surface area (Å²) in [6, 6.07) is 14.0. The van der Waals surface area contributed by atoms with Crippen LogP contribution in [0.3, 0.4) is 0 Å². The van der Waals surface area contributed by atoms with Crippen molar-refractivity contribution in [1.82, 2.24) is 10.6 Å². The number of amides is 1. The molecule has 190 valence electrons. The number of hydrogen-bond donors (Lipinski definition) is 3. The molecule has 8 nitrogen and oxygen atoms in total. The molecular formula is C27H37N3O5. The second kappa shape index (κ2) is 10.7. The fraction of sp³-hybridized carbons (Fsp3) is 0.519. The summed E-state index contributed by atoms with van der Waals surface area (Å²) in [6.45, 7) is 9.94. The maximum atomic E-state index is 12.5. The number of hydrogen-bond acceptors (Lipinski definition) is 6. The Kier molecular flexibility index (Phi) is 8.18. The van der Waals surface area contributed by atoms with Gasteiger partial charge in [0.25, 0.3) is 5.69 Å². The SMILES string of the molecule is CC(C)c1cccc(C2(NC[C@H](O)[C@H](Cc3ccc([N+](=O)[O-])cc3)NC(=O)OC(C)(C)C)CC2)c1. The number of aliphatic hydroxyl groups excluding tert-OH is 1. The molecule has 0 heterocycles. The number of carbonyl (C=O) groups excluding carboxylic acids is 1. The Morgan fingerprint density at radius 2 is 1.83 bits per heavy atom. The van der Waals surface area contributed by atoms with E-state index in [9.17, 15) is 20.0 Å². The first-order valence-corrected chi connectivity index (χ1v) is 12.1. The lowest BCUT2D eigenvalue weighted by Gasteiger charge is -2.28. The molecule has 2 atom stereocenters. The van der Waals surface area contributed by atoms with Gasteiger partial charge in [-0.1, -0.05) is 50.2 Å². The summed E-state index contributed by atoms with van der Waals surface area (Å²) >= 11 is 0. The number of nitro benzene ring substituents is 1. The molecule has 1 aliphatic carbocycles. The lowest BCUT2D eigenvalue weighted by atomic mass is 9.96. The van der Waals surface area contributed by atoms with Crippen molar-refractivity contribution in [2.75, 3.05) is 6.54 Å². The fourth-order valence-electron chi connectivity index (χ4n) is 4.08. The first-order chi connectivity index (χ1) is 16.4. The highest BCUT2D eigenvalue weighted by Crippen LogP contribution is 2.46.